The van der Waals surface area contributed by atoms with Crippen LogP contribution >= 0.6 is 27.5 Å². The van der Waals surface area contributed by atoms with Crippen molar-refractivity contribution in [1.82, 2.24) is 4.98 Å². The fourth-order valence-electron chi connectivity index (χ4n) is 1.99. The Hall–Kier alpha value is -0.940. The van der Waals surface area contributed by atoms with E-state index in [1.54, 1.807) is 18.5 Å². The van der Waals surface area contributed by atoms with Gasteiger partial charge in [-0.15, -0.1) is 0 Å². The number of nitrogens with two attached hydrogens (primary N) is 1. The maximum atomic E-state index is 10.5. The minimum absolute atomic E-state index is 0.170. The van der Waals surface area contributed by atoms with Crippen LogP contribution in [0, 0.1) is 0 Å². The lowest BCUT2D eigenvalue weighted by atomic mass is 9.90. The van der Waals surface area contributed by atoms with Gasteiger partial charge in [-0.1, -0.05) is 17.7 Å². The van der Waals surface area contributed by atoms with E-state index in [4.69, 9.17) is 17.3 Å². The second kappa shape index (κ2) is 6.48. The largest absolute Gasteiger partial charge is 0.388 e. The van der Waals surface area contributed by atoms with E-state index >= 15 is 0 Å². The number of aromatic nitrogens is 1. The SMILES string of the molecule is NCC(c1ccncc1)C(O)c1ccc(Cl)c(Br)c1. The van der Waals surface area contributed by atoms with E-state index in [-0.39, 0.29) is 5.92 Å². The van der Waals surface area contributed by atoms with Crippen molar-refractivity contribution < 1.29 is 5.11 Å². The van der Waals surface area contributed by atoms with Gasteiger partial charge in [-0.2, -0.15) is 0 Å². The molecule has 0 saturated heterocycles. The molecule has 0 saturated carbocycles. The van der Waals surface area contributed by atoms with Gasteiger partial charge in [0.1, 0.15) is 0 Å². The van der Waals surface area contributed by atoms with Crippen LogP contribution in [0.4, 0.5) is 0 Å². The van der Waals surface area contributed by atoms with Gasteiger partial charge in [0.05, 0.1) is 11.1 Å². The van der Waals surface area contributed by atoms with Crippen molar-refractivity contribution in [1.29, 1.82) is 0 Å². The van der Waals surface area contributed by atoms with Crippen LogP contribution in [-0.2, 0) is 0 Å². The molecular formula is C14H14BrClN2O. The molecule has 100 valence electrons. The first kappa shape index (κ1) is 14.5. The van der Waals surface area contributed by atoms with E-state index in [1.807, 2.05) is 24.3 Å². The summed E-state index contributed by atoms with van der Waals surface area (Å²) in [6.45, 7) is 0.353. The number of pyridine rings is 1. The lowest BCUT2D eigenvalue weighted by molar-refractivity contribution is 0.147. The molecule has 2 atom stereocenters. The molecule has 2 aromatic rings. The lowest BCUT2D eigenvalue weighted by Gasteiger charge is -2.22. The molecule has 0 fully saturated rings. The Morgan fingerprint density at radius 3 is 2.47 bits per heavy atom. The Labute approximate surface area is 125 Å². The lowest BCUT2D eigenvalue weighted by Crippen LogP contribution is -2.20. The maximum absolute atomic E-state index is 10.5. The molecule has 0 aliphatic heterocycles. The Kier molecular flexibility index (Phi) is 4.93. The molecule has 1 aromatic carbocycles. The highest BCUT2D eigenvalue weighted by Gasteiger charge is 2.21. The molecule has 0 bridgehead atoms. The summed E-state index contributed by atoms with van der Waals surface area (Å²) >= 11 is 9.31. The number of rotatable bonds is 4. The molecule has 19 heavy (non-hydrogen) atoms. The number of hydrogen-bond acceptors (Lipinski definition) is 3. The van der Waals surface area contributed by atoms with Crippen LogP contribution in [0.15, 0.2) is 47.2 Å². The molecule has 2 rings (SSSR count). The maximum Gasteiger partial charge on any atom is 0.0871 e. The average Bonchev–Trinajstić information content (AvgIpc) is 2.44. The van der Waals surface area contributed by atoms with Crippen LogP contribution in [-0.4, -0.2) is 16.6 Å². The summed E-state index contributed by atoms with van der Waals surface area (Å²) in [5.41, 5.74) is 7.54. The summed E-state index contributed by atoms with van der Waals surface area (Å²) in [6.07, 6.45) is 2.71. The predicted molar refractivity (Wildman–Crippen MR) is 80.1 cm³/mol. The third-order valence-electron chi connectivity index (χ3n) is 3.05. The fourth-order valence-corrected chi connectivity index (χ4v) is 2.50. The third-order valence-corrected chi connectivity index (χ3v) is 4.27. The zero-order valence-electron chi connectivity index (χ0n) is 10.1. The van der Waals surface area contributed by atoms with Gasteiger partial charge in [0.25, 0.3) is 0 Å². The normalized spacial score (nSPS) is 14.1. The standard InChI is InChI=1S/C14H14BrClN2O/c15-12-7-10(1-2-13(12)16)14(19)11(8-17)9-3-5-18-6-4-9/h1-7,11,14,19H,8,17H2. The van der Waals surface area contributed by atoms with Gasteiger partial charge in [0, 0.05) is 29.3 Å². The zero-order valence-corrected chi connectivity index (χ0v) is 12.5. The topological polar surface area (TPSA) is 59.1 Å². The van der Waals surface area contributed by atoms with Gasteiger partial charge in [-0.05, 0) is 51.3 Å². The molecule has 1 aromatic heterocycles. The Balaban J connectivity index is 2.30. The van der Waals surface area contributed by atoms with Crippen LogP contribution in [0.1, 0.15) is 23.1 Å². The first-order valence-corrected chi connectivity index (χ1v) is 7.03. The molecule has 0 aliphatic rings. The number of aliphatic hydroxyl groups is 1. The summed E-state index contributed by atoms with van der Waals surface area (Å²) in [5.74, 6) is -0.170. The highest BCUT2D eigenvalue weighted by atomic mass is 79.9. The fraction of sp³-hybridized carbons (Fsp3) is 0.214. The molecule has 0 spiro atoms. The second-order valence-electron chi connectivity index (χ2n) is 4.24. The van der Waals surface area contributed by atoms with Crippen LogP contribution in [0.25, 0.3) is 0 Å². The molecule has 0 radical (unpaired) electrons. The van der Waals surface area contributed by atoms with Crippen molar-refractivity contribution in [3.05, 3.63) is 63.3 Å². The van der Waals surface area contributed by atoms with Crippen molar-refractivity contribution in [3.8, 4) is 0 Å². The molecular weight excluding hydrogens is 328 g/mol. The van der Waals surface area contributed by atoms with Gasteiger partial charge < -0.3 is 10.8 Å². The molecule has 5 heteroatoms. The number of nitrogens with zero attached hydrogens (tertiary/aromatic N) is 1. The van der Waals surface area contributed by atoms with Crippen LogP contribution in [0.3, 0.4) is 0 Å². The van der Waals surface area contributed by atoms with E-state index < -0.39 is 6.10 Å². The molecule has 2 unspecified atom stereocenters. The monoisotopic (exact) mass is 340 g/mol. The van der Waals surface area contributed by atoms with Gasteiger partial charge in [-0.25, -0.2) is 0 Å². The molecule has 1 heterocycles. The summed E-state index contributed by atoms with van der Waals surface area (Å²) in [7, 11) is 0. The molecule has 0 amide bonds. The zero-order chi connectivity index (χ0) is 13.8. The Morgan fingerprint density at radius 1 is 1.21 bits per heavy atom. The highest BCUT2D eigenvalue weighted by molar-refractivity contribution is 9.10. The van der Waals surface area contributed by atoms with E-state index in [1.165, 1.54) is 0 Å². The van der Waals surface area contributed by atoms with Crippen molar-refractivity contribution in [2.75, 3.05) is 6.54 Å². The number of hydrogen-bond donors (Lipinski definition) is 2. The van der Waals surface area contributed by atoms with Crippen LogP contribution < -0.4 is 5.73 Å². The Bertz CT molecular complexity index is 550. The quantitative estimate of drug-likeness (QED) is 0.897. The van der Waals surface area contributed by atoms with E-state index in [9.17, 15) is 5.11 Å². The third kappa shape index (κ3) is 3.34. The summed E-state index contributed by atoms with van der Waals surface area (Å²) in [6, 6.07) is 9.11. The molecule has 0 aliphatic carbocycles. The summed E-state index contributed by atoms with van der Waals surface area (Å²) in [4.78, 5) is 3.97. The van der Waals surface area contributed by atoms with Crippen LogP contribution in [0.5, 0.6) is 0 Å². The number of benzene rings is 1. The van der Waals surface area contributed by atoms with E-state index in [2.05, 4.69) is 20.9 Å². The molecule has 3 N–H and O–H groups in total. The summed E-state index contributed by atoms with van der Waals surface area (Å²) in [5, 5.41) is 11.1. The van der Waals surface area contributed by atoms with Crippen molar-refractivity contribution >= 4 is 27.5 Å². The van der Waals surface area contributed by atoms with Crippen molar-refractivity contribution in [3.63, 3.8) is 0 Å². The Morgan fingerprint density at radius 2 is 1.89 bits per heavy atom. The minimum Gasteiger partial charge on any atom is -0.388 e. The number of aliphatic hydroxyl groups excluding tert-OH is 1. The van der Waals surface area contributed by atoms with Crippen molar-refractivity contribution in [2.24, 2.45) is 5.73 Å². The first-order valence-electron chi connectivity index (χ1n) is 5.86. The van der Waals surface area contributed by atoms with E-state index in [0.717, 1.165) is 15.6 Å². The first-order chi connectivity index (χ1) is 9.13. The second-order valence-corrected chi connectivity index (χ2v) is 5.50. The average molecular weight is 342 g/mol. The minimum atomic E-state index is -0.680. The highest BCUT2D eigenvalue weighted by Crippen LogP contribution is 2.33. The van der Waals surface area contributed by atoms with E-state index in [0.29, 0.717) is 11.6 Å². The van der Waals surface area contributed by atoms with Gasteiger partial charge >= 0.3 is 0 Å². The number of halogens is 2. The van der Waals surface area contributed by atoms with Crippen molar-refractivity contribution in [2.45, 2.75) is 12.0 Å². The van der Waals surface area contributed by atoms with Gasteiger partial charge in [-0.3, -0.25) is 4.98 Å². The van der Waals surface area contributed by atoms with Gasteiger partial charge in [0.15, 0.2) is 0 Å². The van der Waals surface area contributed by atoms with Gasteiger partial charge in [0.2, 0.25) is 0 Å². The smallest absolute Gasteiger partial charge is 0.0871 e. The molecule has 3 nitrogen and oxygen atoms in total. The van der Waals surface area contributed by atoms with Crippen LogP contribution in [0.2, 0.25) is 5.02 Å². The summed E-state index contributed by atoms with van der Waals surface area (Å²) < 4.78 is 0.760. The predicted octanol–water partition coefficient (Wildman–Crippen LogP) is 3.27.